The van der Waals surface area contributed by atoms with Crippen LogP contribution in [0.4, 0.5) is 5.13 Å². The standard InChI is InChI=1S/C22H16Cl2N2O3S/c1-11-12(2)30-22(25-11)26-18(14-8-9-15(23)16(24)10-14)17(20(28)21(26)29)19(27)13-6-4-3-5-7-13/h3-10,18,27H,1-2H3/t18-/m1/s1. The molecule has 3 aromatic rings. The Morgan fingerprint density at radius 3 is 2.37 bits per heavy atom. The predicted molar refractivity (Wildman–Crippen MR) is 119 cm³/mol. The molecule has 1 amide bonds. The van der Waals surface area contributed by atoms with E-state index in [1.807, 2.05) is 13.8 Å². The molecule has 1 aromatic heterocycles. The Balaban J connectivity index is 1.97. The van der Waals surface area contributed by atoms with E-state index >= 15 is 0 Å². The lowest BCUT2D eigenvalue weighted by Gasteiger charge is -2.23. The van der Waals surface area contributed by atoms with Gasteiger partial charge in [0.15, 0.2) is 5.13 Å². The number of carbonyl (C=O) groups is 2. The predicted octanol–water partition coefficient (Wildman–Crippen LogP) is 5.69. The zero-order valence-electron chi connectivity index (χ0n) is 16.0. The quantitative estimate of drug-likeness (QED) is 0.310. The molecule has 8 heteroatoms. The molecule has 0 spiro atoms. The Morgan fingerprint density at radius 1 is 1.07 bits per heavy atom. The summed E-state index contributed by atoms with van der Waals surface area (Å²) in [7, 11) is 0. The number of thiazole rings is 1. The molecule has 1 aliphatic rings. The second-order valence-corrected chi connectivity index (χ2v) is 8.84. The Hall–Kier alpha value is -2.67. The smallest absolute Gasteiger partial charge is 0.301 e. The maximum absolute atomic E-state index is 13.0. The van der Waals surface area contributed by atoms with Gasteiger partial charge in [-0.2, -0.15) is 0 Å². The highest BCUT2D eigenvalue weighted by Crippen LogP contribution is 2.44. The summed E-state index contributed by atoms with van der Waals surface area (Å²) in [6, 6.07) is 12.6. The number of rotatable bonds is 3. The van der Waals surface area contributed by atoms with Crippen molar-refractivity contribution in [3.05, 3.63) is 85.8 Å². The summed E-state index contributed by atoms with van der Waals surface area (Å²) in [5.41, 5.74) is 1.74. The van der Waals surface area contributed by atoms with Gasteiger partial charge in [0.2, 0.25) is 0 Å². The third-order valence-electron chi connectivity index (χ3n) is 4.97. The van der Waals surface area contributed by atoms with Crippen molar-refractivity contribution in [2.75, 3.05) is 4.90 Å². The van der Waals surface area contributed by atoms with Crippen molar-refractivity contribution in [2.24, 2.45) is 0 Å². The fourth-order valence-electron chi connectivity index (χ4n) is 3.34. The zero-order chi connectivity index (χ0) is 21.6. The lowest BCUT2D eigenvalue weighted by molar-refractivity contribution is -0.132. The van der Waals surface area contributed by atoms with Crippen molar-refractivity contribution in [3.63, 3.8) is 0 Å². The van der Waals surface area contributed by atoms with Gasteiger partial charge in [-0.15, -0.1) is 11.3 Å². The van der Waals surface area contributed by atoms with Crippen LogP contribution in [0.5, 0.6) is 0 Å². The Labute approximate surface area is 187 Å². The van der Waals surface area contributed by atoms with Crippen LogP contribution >= 0.6 is 34.5 Å². The maximum Gasteiger partial charge on any atom is 0.301 e. The number of anilines is 1. The van der Waals surface area contributed by atoms with Gasteiger partial charge in [0.1, 0.15) is 5.76 Å². The van der Waals surface area contributed by atoms with Gasteiger partial charge in [-0.1, -0.05) is 59.6 Å². The highest BCUT2D eigenvalue weighted by atomic mass is 35.5. The summed E-state index contributed by atoms with van der Waals surface area (Å²) in [4.78, 5) is 32.8. The monoisotopic (exact) mass is 458 g/mol. The number of carbonyl (C=O) groups excluding carboxylic acids is 2. The topological polar surface area (TPSA) is 70.5 Å². The molecule has 1 saturated heterocycles. The van der Waals surface area contributed by atoms with Crippen LogP contribution in [-0.4, -0.2) is 21.8 Å². The molecule has 1 fully saturated rings. The number of aliphatic hydroxyl groups is 1. The summed E-state index contributed by atoms with van der Waals surface area (Å²) >= 11 is 13.6. The molecule has 1 atom stereocenters. The van der Waals surface area contributed by atoms with E-state index in [0.29, 0.717) is 21.3 Å². The molecular formula is C22H16Cl2N2O3S. The summed E-state index contributed by atoms with van der Waals surface area (Å²) in [5, 5.41) is 12.0. The number of aryl methyl sites for hydroxylation is 2. The summed E-state index contributed by atoms with van der Waals surface area (Å²) in [5.74, 6) is -1.78. The van der Waals surface area contributed by atoms with Crippen LogP contribution < -0.4 is 4.90 Å². The summed E-state index contributed by atoms with van der Waals surface area (Å²) < 4.78 is 0. The van der Waals surface area contributed by atoms with Gasteiger partial charge in [-0.3, -0.25) is 14.5 Å². The third-order valence-corrected chi connectivity index (χ3v) is 6.79. The van der Waals surface area contributed by atoms with Crippen LogP contribution in [0.2, 0.25) is 10.0 Å². The van der Waals surface area contributed by atoms with E-state index in [0.717, 1.165) is 10.6 Å². The number of nitrogens with zero attached hydrogens (tertiary/aromatic N) is 2. The van der Waals surface area contributed by atoms with Gasteiger partial charge < -0.3 is 5.11 Å². The highest BCUT2D eigenvalue weighted by molar-refractivity contribution is 7.16. The van der Waals surface area contributed by atoms with Gasteiger partial charge >= 0.3 is 5.91 Å². The molecular weight excluding hydrogens is 443 g/mol. The average Bonchev–Trinajstić information content (AvgIpc) is 3.20. The first-order chi connectivity index (χ1) is 14.3. The first-order valence-electron chi connectivity index (χ1n) is 9.05. The first-order valence-corrected chi connectivity index (χ1v) is 10.6. The van der Waals surface area contributed by atoms with Gasteiger partial charge in [-0.25, -0.2) is 4.98 Å². The van der Waals surface area contributed by atoms with Gasteiger partial charge in [-0.05, 0) is 31.5 Å². The Morgan fingerprint density at radius 2 is 1.77 bits per heavy atom. The van der Waals surface area contributed by atoms with Gasteiger partial charge in [0.25, 0.3) is 5.78 Å². The number of aromatic nitrogens is 1. The number of amides is 1. The van der Waals surface area contributed by atoms with Gasteiger partial charge in [0, 0.05) is 10.4 Å². The van der Waals surface area contributed by atoms with E-state index < -0.39 is 17.7 Å². The molecule has 5 nitrogen and oxygen atoms in total. The van der Waals surface area contributed by atoms with E-state index in [2.05, 4.69) is 4.98 Å². The molecule has 2 heterocycles. The SMILES string of the molecule is Cc1nc(N2C(=O)C(=O)C(=C(O)c3ccccc3)[C@H]2c2ccc(Cl)c(Cl)c2)sc1C. The molecule has 0 aliphatic carbocycles. The highest BCUT2D eigenvalue weighted by Gasteiger charge is 2.48. The number of benzene rings is 2. The van der Waals surface area contributed by atoms with Crippen LogP contribution in [0.15, 0.2) is 54.1 Å². The summed E-state index contributed by atoms with van der Waals surface area (Å²) in [6.07, 6.45) is 0. The molecule has 1 aliphatic heterocycles. The van der Waals surface area contributed by atoms with E-state index in [1.54, 1.807) is 48.5 Å². The second kappa shape index (κ2) is 7.87. The number of halogens is 2. The fourth-order valence-corrected chi connectivity index (χ4v) is 4.58. The normalized spacial score (nSPS) is 18.3. The number of ketones is 1. The first kappa shape index (κ1) is 20.6. The van der Waals surface area contributed by atoms with Crippen molar-refractivity contribution >= 4 is 57.1 Å². The minimum atomic E-state index is -0.884. The number of aliphatic hydroxyl groups excluding tert-OH is 1. The largest absolute Gasteiger partial charge is 0.507 e. The van der Waals surface area contributed by atoms with Crippen molar-refractivity contribution in [1.29, 1.82) is 0 Å². The van der Waals surface area contributed by atoms with Crippen molar-refractivity contribution in [1.82, 2.24) is 4.98 Å². The average molecular weight is 459 g/mol. The van der Waals surface area contributed by atoms with Crippen molar-refractivity contribution in [3.8, 4) is 0 Å². The minimum absolute atomic E-state index is 0.0184. The van der Waals surface area contributed by atoms with Crippen LogP contribution in [-0.2, 0) is 9.59 Å². The van der Waals surface area contributed by atoms with Crippen LogP contribution in [0.3, 0.4) is 0 Å². The molecule has 0 unspecified atom stereocenters. The molecule has 1 N–H and O–H groups in total. The Bertz CT molecular complexity index is 1180. The molecule has 0 radical (unpaired) electrons. The third kappa shape index (κ3) is 3.41. The molecule has 0 saturated carbocycles. The van der Waals surface area contributed by atoms with Crippen LogP contribution in [0, 0.1) is 13.8 Å². The maximum atomic E-state index is 13.0. The molecule has 152 valence electrons. The van der Waals surface area contributed by atoms with E-state index in [1.165, 1.54) is 16.2 Å². The lowest BCUT2D eigenvalue weighted by atomic mass is 9.95. The Kier molecular flexibility index (Phi) is 5.40. The van der Waals surface area contributed by atoms with E-state index in [4.69, 9.17) is 23.2 Å². The molecule has 0 bridgehead atoms. The zero-order valence-corrected chi connectivity index (χ0v) is 18.3. The number of hydrogen-bond donors (Lipinski definition) is 1. The van der Waals surface area contributed by atoms with E-state index in [9.17, 15) is 14.7 Å². The molecule has 4 rings (SSSR count). The number of Topliss-reactive ketones (excluding diaryl/α,β-unsaturated/α-hetero) is 1. The van der Waals surface area contributed by atoms with Gasteiger partial charge in [0.05, 0.1) is 27.4 Å². The van der Waals surface area contributed by atoms with Crippen LogP contribution in [0.1, 0.15) is 27.7 Å². The number of hydrogen-bond acceptors (Lipinski definition) is 5. The molecule has 30 heavy (non-hydrogen) atoms. The lowest BCUT2D eigenvalue weighted by Crippen LogP contribution is -2.29. The van der Waals surface area contributed by atoms with Crippen LogP contribution in [0.25, 0.3) is 5.76 Å². The second-order valence-electron chi connectivity index (χ2n) is 6.85. The fraction of sp³-hybridized carbons (Fsp3) is 0.136. The summed E-state index contributed by atoms with van der Waals surface area (Å²) in [6.45, 7) is 3.73. The van der Waals surface area contributed by atoms with Crippen molar-refractivity contribution < 1.29 is 14.7 Å². The molecule has 2 aromatic carbocycles. The van der Waals surface area contributed by atoms with E-state index in [-0.39, 0.29) is 16.4 Å². The van der Waals surface area contributed by atoms with Crippen molar-refractivity contribution in [2.45, 2.75) is 19.9 Å². The minimum Gasteiger partial charge on any atom is -0.507 e.